The molecule has 11 nitrogen and oxygen atoms in total. The molecule has 0 spiro atoms. The lowest BCUT2D eigenvalue weighted by Crippen LogP contribution is -2.30. The van der Waals surface area contributed by atoms with E-state index in [1.54, 1.807) is 45.7 Å². The van der Waals surface area contributed by atoms with Crippen molar-refractivity contribution in [2.24, 2.45) is 7.05 Å². The van der Waals surface area contributed by atoms with E-state index in [1.165, 1.54) is 24.5 Å². The number of halogens is 4. The number of hydrogen-bond acceptors (Lipinski definition) is 7. The fourth-order valence-electron chi connectivity index (χ4n) is 6.19. The number of imidazole rings is 4. The van der Waals surface area contributed by atoms with Crippen LogP contribution in [0.1, 0.15) is 17.4 Å². The van der Waals surface area contributed by atoms with E-state index in [1.807, 2.05) is 48.3 Å². The minimum atomic E-state index is -0.475. The van der Waals surface area contributed by atoms with Crippen molar-refractivity contribution in [2.45, 2.75) is 6.04 Å². The molecule has 1 aliphatic rings. The number of pyridine rings is 2. The second-order valence-electron chi connectivity index (χ2n) is 12.2. The molecule has 6 aromatic heterocycles. The van der Waals surface area contributed by atoms with Gasteiger partial charge in [-0.15, -0.1) is 0 Å². The van der Waals surface area contributed by atoms with Crippen molar-refractivity contribution in [3.8, 4) is 57.2 Å². The Kier molecular flexibility index (Phi) is 8.68. The summed E-state index contributed by atoms with van der Waals surface area (Å²) in [6.07, 6.45) is 10.2. The lowest BCUT2D eigenvalue weighted by molar-refractivity contribution is -0.0226. The summed E-state index contributed by atoms with van der Waals surface area (Å²) in [5.41, 5.74) is 8.48. The monoisotopic (exact) mass is 744 g/mol. The maximum atomic E-state index is 13.6. The number of hydrogen-bond donors (Lipinski definition) is 0. The van der Waals surface area contributed by atoms with Crippen molar-refractivity contribution < 1.29 is 13.5 Å². The summed E-state index contributed by atoms with van der Waals surface area (Å²) in [6.45, 7) is 1.20. The summed E-state index contributed by atoms with van der Waals surface area (Å²) < 4.78 is 39.9. The Hall–Kier alpha value is -6.38. The van der Waals surface area contributed by atoms with Crippen LogP contribution >= 0.6 is 23.2 Å². The van der Waals surface area contributed by atoms with Crippen LogP contribution in [0.5, 0.6) is 0 Å². The Balaban J connectivity index is 0.000000152. The van der Waals surface area contributed by atoms with E-state index in [0.717, 1.165) is 22.5 Å². The molecule has 0 unspecified atom stereocenters. The highest BCUT2D eigenvalue weighted by molar-refractivity contribution is 6.31. The smallest absolute Gasteiger partial charge is 0.144 e. The average molecular weight is 746 g/mol. The van der Waals surface area contributed by atoms with Gasteiger partial charge in [0.2, 0.25) is 0 Å². The molecule has 0 atom stereocenters. The van der Waals surface area contributed by atoms with Crippen molar-refractivity contribution in [1.82, 2.24) is 37.9 Å². The number of benzene rings is 2. The zero-order chi connectivity index (χ0) is 36.8. The molecule has 0 saturated carbocycles. The number of nitrogens with zero attached hydrogens (tertiary/aromatic N) is 10. The molecular formula is C38H24Cl2F2N10O. The summed E-state index contributed by atoms with van der Waals surface area (Å²) in [5.74, 6) is -0.946. The Morgan fingerprint density at radius 3 is 1.66 bits per heavy atom. The first-order valence-electron chi connectivity index (χ1n) is 16.1. The molecular weight excluding hydrogens is 721 g/mol. The van der Waals surface area contributed by atoms with Gasteiger partial charge < -0.3 is 13.9 Å². The Bertz CT molecular complexity index is 2780. The fraction of sp³-hybridized carbons (Fsp3) is 0.105. The second kappa shape index (κ2) is 13.6. The maximum Gasteiger partial charge on any atom is 0.144 e. The summed E-state index contributed by atoms with van der Waals surface area (Å²) in [7, 11) is 1.88. The van der Waals surface area contributed by atoms with Gasteiger partial charge in [0.15, 0.2) is 0 Å². The molecule has 1 fully saturated rings. The first-order chi connectivity index (χ1) is 25.7. The van der Waals surface area contributed by atoms with Crippen molar-refractivity contribution in [3.05, 3.63) is 131 Å². The van der Waals surface area contributed by atoms with Crippen LogP contribution in [0, 0.1) is 34.3 Å². The highest BCUT2D eigenvalue weighted by Crippen LogP contribution is 2.37. The molecule has 1 aliphatic heterocycles. The van der Waals surface area contributed by atoms with Gasteiger partial charge in [0, 0.05) is 41.7 Å². The Morgan fingerprint density at radius 2 is 1.17 bits per heavy atom. The summed E-state index contributed by atoms with van der Waals surface area (Å²) in [4.78, 5) is 17.5. The van der Waals surface area contributed by atoms with Crippen LogP contribution in [0.25, 0.3) is 56.3 Å². The van der Waals surface area contributed by atoms with Crippen LogP contribution in [-0.2, 0) is 11.8 Å². The second-order valence-corrected chi connectivity index (χ2v) is 13.0. The summed E-state index contributed by atoms with van der Waals surface area (Å²) >= 11 is 11.9. The standard InChI is InChI=1S/C20H13ClFN5O.C18H11ClFN5/c21-16-5-12(1-3-17(16)22)19-20(27(11-25-19)15-9-28-10-15)13-2-4-18-24-7-14(6-23)26(18)8-13;1-24-10-23-17(11-2-4-15(20)14(19)6-11)18(24)12-3-5-16-22-8-13(7-21)25(16)9-12/h1-5,7-8,11,15H,9-10H2;2-6,8-10H,1H3. The Morgan fingerprint density at radius 1 is 0.679 bits per heavy atom. The average Bonchev–Trinajstić information content (AvgIpc) is 3.94. The van der Waals surface area contributed by atoms with Crippen LogP contribution in [0.2, 0.25) is 10.0 Å². The third kappa shape index (κ3) is 6.07. The molecule has 53 heavy (non-hydrogen) atoms. The van der Waals surface area contributed by atoms with E-state index in [-0.39, 0.29) is 16.1 Å². The molecule has 0 radical (unpaired) electrons. The number of fused-ring (bicyclic) bond motifs is 2. The van der Waals surface area contributed by atoms with Crippen LogP contribution < -0.4 is 0 Å². The molecule has 1 saturated heterocycles. The first-order valence-corrected chi connectivity index (χ1v) is 16.8. The van der Waals surface area contributed by atoms with E-state index >= 15 is 0 Å². The molecule has 260 valence electrons. The highest BCUT2D eigenvalue weighted by atomic mass is 35.5. The third-order valence-electron chi connectivity index (χ3n) is 8.92. The molecule has 15 heteroatoms. The molecule has 9 rings (SSSR count). The van der Waals surface area contributed by atoms with Crippen LogP contribution in [0.3, 0.4) is 0 Å². The molecule has 2 aromatic carbocycles. The van der Waals surface area contributed by atoms with Gasteiger partial charge in [0.1, 0.15) is 46.5 Å². The van der Waals surface area contributed by atoms with Gasteiger partial charge >= 0.3 is 0 Å². The Labute approximate surface area is 310 Å². The lowest BCUT2D eigenvalue weighted by atomic mass is 10.0. The number of rotatable bonds is 5. The van der Waals surface area contributed by atoms with Gasteiger partial charge in [-0.2, -0.15) is 10.5 Å². The zero-order valence-electron chi connectivity index (χ0n) is 27.6. The van der Waals surface area contributed by atoms with Crippen molar-refractivity contribution in [2.75, 3.05) is 13.2 Å². The van der Waals surface area contributed by atoms with Gasteiger partial charge in [0.05, 0.1) is 77.1 Å². The van der Waals surface area contributed by atoms with Gasteiger partial charge in [-0.25, -0.2) is 28.7 Å². The molecule has 8 aromatic rings. The van der Waals surface area contributed by atoms with Gasteiger partial charge in [0.25, 0.3) is 0 Å². The van der Waals surface area contributed by atoms with E-state index in [0.29, 0.717) is 58.4 Å². The molecule has 0 bridgehead atoms. The minimum absolute atomic E-state index is 0.0433. The van der Waals surface area contributed by atoms with Crippen LogP contribution in [0.4, 0.5) is 8.78 Å². The summed E-state index contributed by atoms with van der Waals surface area (Å²) in [6, 6.07) is 21.0. The predicted octanol–water partition coefficient (Wildman–Crippen LogP) is 8.17. The number of aromatic nitrogens is 8. The fourth-order valence-corrected chi connectivity index (χ4v) is 6.56. The SMILES string of the molecule is Cn1cnc(-c2ccc(F)c(Cl)c2)c1-c1ccc2ncc(C#N)n2c1.N#Cc1cnc2ccc(-c3c(-c4ccc(F)c(Cl)c4)ncn3C3COC3)cn12. The van der Waals surface area contributed by atoms with E-state index in [2.05, 4.69) is 36.6 Å². The quantitative estimate of drug-likeness (QED) is 0.174. The number of nitriles is 2. The van der Waals surface area contributed by atoms with Crippen LogP contribution in [-0.4, -0.2) is 51.1 Å². The van der Waals surface area contributed by atoms with Gasteiger partial charge in [-0.05, 0) is 60.7 Å². The topological polar surface area (TPSA) is 127 Å². The molecule has 7 heterocycles. The van der Waals surface area contributed by atoms with Crippen molar-refractivity contribution in [3.63, 3.8) is 0 Å². The molecule has 0 N–H and O–H groups in total. The van der Waals surface area contributed by atoms with E-state index < -0.39 is 11.6 Å². The van der Waals surface area contributed by atoms with E-state index in [4.69, 9.17) is 27.9 Å². The first kappa shape index (κ1) is 33.7. The third-order valence-corrected chi connectivity index (χ3v) is 9.50. The number of aryl methyl sites for hydroxylation is 1. The normalized spacial score (nSPS) is 12.7. The number of ether oxygens (including phenoxy) is 1. The molecule has 0 amide bonds. The lowest BCUT2D eigenvalue weighted by Gasteiger charge is -2.29. The van der Waals surface area contributed by atoms with Crippen LogP contribution in [0.15, 0.2) is 98.1 Å². The molecule has 0 aliphatic carbocycles. The van der Waals surface area contributed by atoms with Crippen molar-refractivity contribution in [1.29, 1.82) is 10.5 Å². The largest absolute Gasteiger partial charge is 0.377 e. The maximum absolute atomic E-state index is 13.6. The highest BCUT2D eigenvalue weighted by Gasteiger charge is 2.26. The summed E-state index contributed by atoms with van der Waals surface area (Å²) in [5, 5.41) is 18.6. The van der Waals surface area contributed by atoms with Gasteiger partial charge in [-0.3, -0.25) is 8.80 Å². The van der Waals surface area contributed by atoms with E-state index in [9.17, 15) is 19.3 Å². The minimum Gasteiger partial charge on any atom is -0.377 e. The zero-order valence-corrected chi connectivity index (χ0v) is 29.1. The predicted molar refractivity (Wildman–Crippen MR) is 194 cm³/mol. The van der Waals surface area contributed by atoms with Crippen molar-refractivity contribution >= 4 is 34.5 Å². The van der Waals surface area contributed by atoms with Gasteiger partial charge in [-0.1, -0.05) is 23.2 Å².